The quantitative estimate of drug-likeness (QED) is 0.554. The highest BCUT2D eigenvalue weighted by Crippen LogP contribution is 2.26. The van der Waals surface area contributed by atoms with Crippen LogP contribution in [0.25, 0.3) is 10.9 Å². The summed E-state index contributed by atoms with van der Waals surface area (Å²) in [7, 11) is 0. The number of para-hydroxylation sites is 1. The molecule has 0 saturated heterocycles. The summed E-state index contributed by atoms with van der Waals surface area (Å²) < 4.78 is 13.3. The molecular weight excluding hydrogens is 259 g/mol. The highest BCUT2D eigenvalue weighted by molar-refractivity contribution is 7.98. The van der Waals surface area contributed by atoms with E-state index in [2.05, 4.69) is 17.1 Å². The van der Waals surface area contributed by atoms with Crippen molar-refractivity contribution in [3.05, 3.63) is 59.9 Å². The Morgan fingerprint density at radius 1 is 1.11 bits per heavy atom. The Bertz CT molecular complexity index is 688. The maximum Gasteiger partial charge on any atom is 0.146 e. The first-order chi connectivity index (χ1) is 9.22. The minimum atomic E-state index is -0.352. The molecule has 96 valence electrons. The molecule has 0 aliphatic heterocycles. The predicted molar refractivity (Wildman–Crippen MR) is 78.7 cm³/mol. The number of thioether (sulfide) groups is 1. The number of fused-ring (bicyclic) bond motifs is 1. The number of hydrogen-bond donors (Lipinski definition) is 2. The molecule has 3 aromatic rings. The summed E-state index contributed by atoms with van der Waals surface area (Å²) in [6, 6.07) is 15.2. The number of hydrogen-bond acceptors (Lipinski definition) is 2. The summed E-state index contributed by atoms with van der Waals surface area (Å²) in [4.78, 5) is 3.34. The summed E-state index contributed by atoms with van der Waals surface area (Å²) >= 11 is 1.65. The maximum absolute atomic E-state index is 13.3. The van der Waals surface area contributed by atoms with Crippen LogP contribution in [0.5, 0.6) is 0 Å². The van der Waals surface area contributed by atoms with Crippen molar-refractivity contribution >= 4 is 28.4 Å². The van der Waals surface area contributed by atoms with Gasteiger partial charge in [0.2, 0.25) is 0 Å². The van der Waals surface area contributed by atoms with E-state index in [1.165, 1.54) is 11.5 Å². The normalized spacial score (nSPS) is 11.0. The second-order valence-electron chi connectivity index (χ2n) is 4.37. The number of aromatic amines is 1. The SMILES string of the molecule is Nc1ccc(CSc2cc3ccccc3[nH]2)cc1F. The highest BCUT2D eigenvalue weighted by atomic mass is 32.2. The number of anilines is 1. The number of nitrogens with two attached hydrogens (primary N) is 1. The van der Waals surface area contributed by atoms with Crippen molar-refractivity contribution in [2.24, 2.45) is 0 Å². The zero-order chi connectivity index (χ0) is 13.2. The first-order valence-electron chi connectivity index (χ1n) is 5.97. The van der Waals surface area contributed by atoms with Gasteiger partial charge in [-0.25, -0.2) is 4.39 Å². The average Bonchev–Trinajstić information content (AvgIpc) is 2.83. The molecule has 0 bridgehead atoms. The van der Waals surface area contributed by atoms with Crippen molar-refractivity contribution < 1.29 is 4.39 Å². The van der Waals surface area contributed by atoms with Gasteiger partial charge in [-0.3, -0.25) is 0 Å². The molecule has 3 N–H and O–H groups in total. The van der Waals surface area contributed by atoms with Gasteiger partial charge in [0, 0.05) is 16.7 Å². The number of rotatable bonds is 3. The van der Waals surface area contributed by atoms with Crippen molar-refractivity contribution in [2.75, 3.05) is 5.73 Å². The molecule has 2 nitrogen and oxygen atoms in total. The Balaban J connectivity index is 1.76. The zero-order valence-electron chi connectivity index (χ0n) is 10.2. The van der Waals surface area contributed by atoms with Crippen LogP contribution in [0.2, 0.25) is 0 Å². The summed E-state index contributed by atoms with van der Waals surface area (Å²) in [6.45, 7) is 0. The van der Waals surface area contributed by atoms with Crippen LogP contribution in [-0.4, -0.2) is 4.98 Å². The van der Waals surface area contributed by atoms with Crippen LogP contribution >= 0.6 is 11.8 Å². The van der Waals surface area contributed by atoms with Gasteiger partial charge in [-0.05, 0) is 29.8 Å². The van der Waals surface area contributed by atoms with E-state index in [9.17, 15) is 4.39 Å². The average molecular weight is 272 g/mol. The fourth-order valence-electron chi connectivity index (χ4n) is 1.95. The Morgan fingerprint density at radius 3 is 2.74 bits per heavy atom. The molecular formula is C15H13FN2S. The van der Waals surface area contributed by atoms with Gasteiger partial charge in [0.25, 0.3) is 0 Å². The van der Waals surface area contributed by atoms with E-state index in [1.807, 2.05) is 24.3 Å². The van der Waals surface area contributed by atoms with Crippen LogP contribution in [0, 0.1) is 5.82 Å². The second-order valence-corrected chi connectivity index (χ2v) is 5.38. The fraction of sp³-hybridized carbons (Fsp3) is 0.0667. The van der Waals surface area contributed by atoms with Crippen LogP contribution in [-0.2, 0) is 5.75 Å². The molecule has 0 fully saturated rings. The van der Waals surface area contributed by atoms with Gasteiger partial charge in [-0.2, -0.15) is 0 Å². The highest BCUT2D eigenvalue weighted by Gasteiger charge is 2.03. The smallest absolute Gasteiger partial charge is 0.146 e. The van der Waals surface area contributed by atoms with Gasteiger partial charge in [0.15, 0.2) is 0 Å². The lowest BCUT2D eigenvalue weighted by atomic mass is 10.2. The van der Waals surface area contributed by atoms with E-state index < -0.39 is 0 Å². The molecule has 4 heteroatoms. The molecule has 0 unspecified atom stereocenters. The van der Waals surface area contributed by atoms with E-state index in [0.29, 0.717) is 5.75 Å². The lowest BCUT2D eigenvalue weighted by Crippen LogP contribution is -1.91. The van der Waals surface area contributed by atoms with Crippen molar-refractivity contribution in [3.63, 3.8) is 0 Å². The molecule has 2 aromatic carbocycles. The number of nitrogens with one attached hydrogen (secondary N) is 1. The molecule has 1 heterocycles. The standard InChI is InChI=1S/C15H13FN2S/c16-12-7-10(5-6-13(12)17)9-19-15-8-11-3-1-2-4-14(11)18-15/h1-8,18H,9,17H2. The van der Waals surface area contributed by atoms with E-state index in [-0.39, 0.29) is 11.5 Å². The minimum Gasteiger partial charge on any atom is -0.396 e. The third kappa shape index (κ3) is 2.58. The van der Waals surface area contributed by atoms with Crippen LogP contribution < -0.4 is 5.73 Å². The van der Waals surface area contributed by atoms with Crippen molar-refractivity contribution in [2.45, 2.75) is 10.8 Å². The Labute approximate surface area is 114 Å². The first kappa shape index (κ1) is 12.1. The lowest BCUT2D eigenvalue weighted by molar-refractivity contribution is 0.631. The molecule has 0 aliphatic rings. The zero-order valence-corrected chi connectivity index (χ0v) is 11.0. The molecule has 0 radical (unpaired) electrons. The number of H-pyrrole nitrogens is 1. The largest absolute Gasteiger partial charge is 0.396 e. The maximum atomic E-state index is 13.3. The summed E-state index contributed by atoms with van der Waals surface area (Å²) in [5, 5.41) is 2.27. The van der Waals surface area contributed by atoms with Gasteiger partial charge in [-0.15, -0.1) is 11.8 Å². The van der Waals surface area contributed by atoms with Crippen LogP contribution in [0.15, 0.2) is 53.6 Å². The van der Waals surface area contributed by atoms with E-state index >= 15 is 0 Å². The predicted octanol–water partition coefficient (Wildman–Crippen LogP) is 4.18. The van der Waals surface area contributed by atoms with Gasteiger partial charge in [-0.1, -0.05) is 24.3 Å². The molecule has 0 spiro atoms. The van der Waals surface area contributed by atoms with Crippen LogP contribution in [0.1, 0.15) is 5.56 Å². The topological polar surface area (TPSA) is 41.8 Å². The molecule has 19 heavy (non-hydrogen) atoms. The first-order valence-corrected chi connectivity index (χ1v) is 6.95. The Hall–Kier alpha value is -1.94. The lowest BCUT2D eigenvalue weighted by Gasteiger charge is -2.02. The van der Waals surface area contributed by atoms with Gasteiger partial charge >= 0.3 is 0 Å². The number of aromatic nitrogens is 1. The van der Waals surface area contributed by atoms with Crippen LogP contribution in [0.4, 0.5) is 10.1 Å². The Kier molecular flexibility index (Phi) is 3.17. The summed E-state index contributed by atoms with van der Waals surface area (Å²) in [5.41, 5.74) is 7.70. The van der Waals surface area contributed by atoms with E-state index in [0.717, 1.165) is 16.1 Å². The third-order valence-electron chi connectivity index (χ3n) is 2.96. The third-order valence-corrected chi connectivity index (χ3v) is 3.97. The molecule has 0 atom stereocenters. The monoisotopic (exact) mass is 272 g/mol. The van der Waals surface area contributed by atoms with Gasteiger partial charge < -0.3 is 10.7 Å². The number of benzene rings is 2. The van der Waals surface area contributed by atoms with E-state index in [1.54, 1.807) is 17.8 Å². The van der Waals surface area contributed by atoms with Crippen molar-refractivity contribution in [3.8, 4) is 0 Å². The fourth-order valence-corrected chi connectivity index (χ4v) is 2.84. The molecule has 1 aromatic heterocycles. The minimum absolute atomic E-state index is 0.194. The molecule has 3 rings (SSSR count). The number of nitrogen functional groups attached to an aromatic ring is 1. The van der Waals surface area contributed by atoms with Crippen LogP contribution in [0.3, 0.4) is 0 Å². The van der Waals surface area contributed by atoms with Gasteiger partial charge in [0.1, 0.15) is 5.82 Å². The summed E-state index contributed by atoms with van der Waals surface area (Å²) in [5.74, 6) is 0.360. The van der Waals surface area contributed by atoms with E-state index in [4.69, 9.17) is 5.73 Å². The second kappa shape index (κ2) is 4.97. The van der Waals surface area contributed by atoms with Crippen molar-refractivity contribution in [1.29, 1.82) is 0 Å². The Morgan fingerprint density at radius 2 is 1.95 bits per heavy atom. The molecule has 0 saturated carbocycles. The number of halogens is 1. The van der Waals surface area contributed by atoms with Gasteiger partial charge in [0.05, 0.1) is 10.7 Å². The summed E-state index contributed by atoms with van der Waals surface area (Å²) in [6.07, 6.45) is 0. The molecule has 0 aliphatic carbocycles. The molecule has 0 amide bonds. The van der Waals surface area contributed by atoms with Crippen molar-refractivity contribution in [1.82, 2.24) is 4.98 Å².